The van der Waals surface area contributed by atoms with Crippen LogP contribution in [0, 0.1) is 0 Å². The van der Waals surface area contributed by atoms with E-state index in [-0.39, 0.29) is 23.5 Å². The first-order valence-corrected chi connectivity index (χ1v) is 5.27. The number of amides is 2. The Bertz CT molecular complexity index is 440. The number of aromatic nitrogens is 2. The van der Waals surface area contributed by atoms with Gasteiger partial charge < -0.3 is 16.4 Å². The molecule has 92 valence electrons. The summed E-state index contributed by atoms with van der Waals surface area (Å²) in [6.45, 7) is 1.58. The van der Waals surface area contributed by atoms with Crippen LogP contribution in [-0.2, 0) is 4.79 Å². The zero-order valence-corrected chi connectivity index (χ0v) is 9.27. The summed E-state index contributed by atoms with van der Waals surface area (Å²) in [6.07, 6.45) is 1.99. The number of rotatable bonds is 4. The maximum absolute atomic E-state index is 11.6. The molecule has 1 aliphatic carbocycles. The highest BCUT2D eigenvalue weighted by Gasteiger charge is 2.27. The number of hydrogen-bond acceptors (Lipinski definition) is 6. The van der Waals surface area contributed by atoms with Crippen molar-refractivity contribution < 1.29 is 14.2 Å². The Balaban J connectivity index is 1.89. The zero-order valence-electron chi connectivity index (χ0n) is 9.27. The molecule has 8 nitrogen and oxygen atoms in total. The molecule has 2 amide bonds. The summed E-state index contributed by atoms with van der Waals surface area (Å²) in [7, 11) is 0. The van der Waals surface area contributed by atoms with Crippen molar-refractivity contribution in [2.24, 2.45) is 0 Å². The SMILES string of the molecule is CC(NC(=O)c1nonc1N)C(=O)NC1CC1. The third kappa shape index (κ3) is 2.71. The maximum atomic E-state index is 11.6. The van der Waals surface area contributed by atoms with Gasteiger partial charge in [0.25, 0.3) is 5.91 Å². The first kappa shape index (κ1) is 11.4. The topological polar surface area (TPSA) is 123 Å². The van der Waals surface area contributed by atoms with Gasteiger partial charge in [-0.15, -0.1) is 0 Å². The van der Waals surface area contributed by atoms with E-state index in [0.29, 0.717) is 0 Å². The highest BCUT2D eigenvalue weighted by molar-refractivity contribution is 5.98. The van der Waals surface area contributed by atoms with Crippen molar-refractivity contribution in [1.29, 1.82) is 0 Å². The van der Waals surface area contributed by atoms with Gasteiger partial charge >= 0.3 is 0 Å². The fraction of sp³-hybridized carbons (Fsp3) is 0.556. The number of carbonyl (C=O) groups excluding carboxylic acids is 2. The highest BCUT2D eigenvalue weighted by Crippen LogP contribution is 2.18. The molecule has 0 spiro atoms. The largest absolute Gasteiger partial charge is 0.379 e. The van der Waals surface area contributed by atoms with Crippen LogP contribution >= 0.6 is 0 Å². The monoisotopic (exact) mass is 239 g/mol. The standard InChI is InChI=1S/C9H13N5O3/c1-4(8(15)12-5-2-3-5)11-9(16)6-7(10)14-17-13-6/h4-5H,2-3H2,1H3,(H2,10,14)(H,11,16)(H,12,15). The molecule has 17 heavy (non-hydrogen) atoms. The molecular formula is C9H13N5O3. The quantitative estimate of drug-likeness (QED) is 0.622. The van der Waals surface area contributed by atoms with E-state index in [0.717, 1.165) is 12.8 Å². The summed E-state index contributed by atoms with van der Waals surface area (Å²) >= 11 is 0. The number of nitrogens with zero attached hydrogens (tertiary/aromatic N) is 2. The molecule has 0 radical (unpaired) electrons. The van der Waals surface area contributed by atoms with Crippen molar-refractivity contribution in [3.8, 4) is 0 Å². The normalized spacial score (nSPS) is 16.3. The van der Waals surface area contributed by atoms with Gasteiger partial charge in [0.05, 0.1) is 0 Å². The van der Waals surface area contributed by atoms with E-state index in [2.05, 4.69) is 25.6 Å². The molecule has 1 aromatic rings. The first-order chi connectivity index (χ1) is 8.08. The lowest BCUT2D eigenvalue weighted by molar-refractivity contribution is -0.122. The second kappa shape index (κ2) is 4.40. The molecule has 4 N–H and O–H groups in total. The van der Waals surface area contributed by atoms with E-state index in [1.54, 1.807) is 6.92 Å². The second-order valence-electron chi connectivity index (χ2n) is 3.98. The summed E-state index contributed by atoms with van der Waals surface area (Å²) in [5.74, 6) is -0.907. The van der Waals surface area contributed by atoms with Gasteiger partial charge in [0.1, 0.15) is 6.04 Å². The lowest BCUT2D eigenvalue weighted by Gasteiger charge is -2.12. The van der Waals surface area contributed by atoms with E-state index in [9.17, 15) is 9.59 Å². The maximum Gasteiger partial charge on any atom is 0.278 e. The molecule has 1 atom stereocenters. The highest BCUT2D eigenvalue weighted by atomic mass is 16.6. The number of nitrogens with two attached hydrogens (primary N) is 1. The number of hydrogen-bond donors (Lipinski definition) is 3. The van der Waals surface area contributed by atoms with Crippen molar-refractivity contribution in [1.82, 2.24) is 20.9 Å². The third-order valence-electron chi connectivity index (χ3n) is 2.39. The van der Waals surface area contributed by atoms with Gasteiger partial charge in [-0.1, -0.05) is 0 Å². The average molecular weight is 239 g/mol. The van der Waals surface area contributed by atoms with Gasteiger partial charge in [-0.2, -0.15) is 0 Å². The lowest BCUT2D eigenvalue weighted by atomic mass is 10.3. The van der Waals surface area contributed by atoms with E-state index in [1.165, 1.54) is 0 Å². The zero-order chi connectivity index (χ0) is 12.4. The Kier molecular flexibility index (Phi) is 2.94. The summed E-state index contributed by atoms with van der Waals surface area (Å²) in [4.78, 5) is 23.2. The van der Waals surface area contributed by atoms with E-state index in [1.807, 2.05) is 0 Å². The summed E-state index contributed by atoms with van der Waals surface area (Å²) in [6, 6.07) is -0.403. The van der Waals surface area contributed by atoms with E-state index < -0.39 is 11.9 Å². The third-order valence-corrected chi connectivity index (χ3v) is 2.39. The van der Waals surface area contributed by atoms with Crippen LogP contribution in [0.2, 0.25) is 0 Å². The second-order valence-corrected chi connectivity index (χ2v) is 3.98. The van der Waals surface area contributed by atoms with Gasteiger partial charge in [0.2, 0.25) is 17.4 Å². The molecule has 0 bridgehead atoms. The van der Waals surface area contributed by atoms with Crippen molar-refractivity contribution in [3.63, 3.8) is 0 Å². The molecule has 0 aliphatic heterocycles. The number of nitrogens with one attached hydrogen (secondary N) is 2. The molecule has 8 heteroatoms. The van der Waals surface area contributed by atoms with Crippen molar-refractivity contribution in [2.45, 2.75) is 31.8 Å². The molecule has 0 saturated heterocycles. The van der Waals surface area contributed by atoms with Crippen LogP contribution in [0.3, 0.4) is 0 Å². The lowest BCUT2D eigenvalue weighted by Crippen LogP contribution is -2.45. The molecule has 1 saturated carbocycles. The number of carbonyl (C=O) groups is 2. The smallest absolute Gasteiger partial charge is 0.278 e. The van der Waals surface area contributed by atoms with Crippen LogP contribution in [0.4, 0.5) is 5.82 Å². The molecule has 2 rings (SSSR count). The van der Waals surface area contributed by atoms with Crippen LogP contribution in [0.15, 0.2) is 4.63 Å². The molecule has 1 aromatic heterocycles. The molecule has 1 fully saturated rings. The van der Waals surface area contributed by atoms with Gasteiger partial charge in [-0.25, -0.2) is 4.63 Å². The van der Waals surface area contributed by atoms with Crippen LogP contribution in [0.25, 0.3) is 0 Å². The fourth-order valence-electron chi connectivity index (χ4n) is 1.24. The summed E-state index contributed by atoms with van der Waals surface area (Å²) in [5, 5.41) is 11.9. The predicted molar refractivity (Wildman–Crippen MR) is 56.8 cm³/mol. The van der Waals surface area contributed by atoms with E-state index >= 15 is 0 Å². The average Bonchev–Trinajstić information content (AvgIpc) is 2.98. The van der Waals surface area contributed by atoms with Crippen LogP contribution < -0.4 is 16.4 Å². The molecular weight excluding hydrogens is 226 g/mol. The summed E-state index contributed by atoms with van der Waals surface area (Å²) < 4.78 is 4.30. The van der Waals surface area contributed by atoms with Crippen molar-refractivity contribution in [3.05, 3.63) is 5.69 Å². The number of nitrogen functional groups attached to an aromatic ring is 1. The Morgan fingerprint density at radius 3 is 2.71 bits per heavy atom. The predicted octanol–water partition coefficient (Wildman–Crippen LogP) is -0.951. The van der Waals surface area contributed by atoms with E-state index in [4.69, 9.17) is 5.73 Å². The van der Waals surface area contributed by atoms with Crippen LogP contribution in [0.1, 0.15) is 30.3 Å². The Morgan fingerprint density at radius 1 is 1.47 bits per heavy atom. The molecule has 1 heterocycles. The first-order valence-electron chi connectivity index (χ1n) is 5.27. The van der Waals surface area contributed by atoms with Crippen molar-refractivity contribution >= 4 is 17.6 Å². The van der Waals surface area contributed by atoms with Crippen LogP contribution in [-0.4, -0.2) is 34.2 Å². The fourth-order valence-corrected chi connectivity index (χ4v) is 1.24. The van der Waals surface area contributed by atoms with Crippen LogP contribution in [0.5, 0.6) is 0 Å². The Labute approximate surface area is 96.9 Å². The minimum Gasteiger partial charge on any atom is -0.379 e. The minimum atomic E-state index is -0.654. The van der Waals surface area contributed by atoms with Gasteiger partial charge in [0, 0.05) is 6.04 Å². The Hall–Kier alpha value is -2.12. The van der Waals surface area contributed by atoms with Gasteiger partial charge in [-0.05, 0) is 30.1 Å². The summed E-state index contributed by atoms with van der Waals surface area (Å²) in [5.41, 5.74) is 5.24. The Morgan fingerprint density at radius 2 is 2.18 bits per heavy atom. The van der Waals surface area contributed by atoms with Gasteiger partial charge in [-0.3, -0.25) is 9.59 Å². The molecule has 0 aromatic carbocycles. The minimum absolute atomic E-state index is 0.0997. The molecule has 1 unspecified atom stereocenters. The number of anilines is 1. The van der Waals surface area contributed by atoms with Gasteiger partial charge in [0.15, 0.2) is 0 Å². The molecule has 1 aliphatic rings. The van der Waals surface area contributed by atoms with Crippen molar-refractivity contribution in [2.75, 3.05) is 5.73 Å².